The topological polar surface area (TPSA) is 30.7 Å². The van der Waals surface area contributed by atoms with E-state index < -0.39 is 0 Å². The lowest BCUT2D eigenvalue weighted by Gasteiger charge is -2.01. The second kappa shape index (κ2) is 3.62. The van der Waals surface area contributed by atoms with Gasteiger partial charge in [-0.3, -0.25) is 4.98 Å². The zero-order valence-corrected chi connectivity index (χ0v) is 8.44. The van der Waals surface area contributed by atoms with E-state index in [9.17, 15) is 0 Å². The predicted molar refractivity (Wildman–Crippen MR) is 55.9 cm³/mol. The molecule has 3 nitrogen and oxygen atoms in total. The largest absolute Gasteiger partial charge is 0.335 e. The Morgan fingerprint density at radius 3 is 2.86 bits per heavy atom. The fourth-order valence-electron chi connectivity index (χ4n) is 1.55. The maximum Gasteiger partial charge on any atom is 0.0955 e. The van der Waals surface area contributed by atoms with Crippen molar-refractivity contribution in [1.82, 2.24) is 14.5 Å². The number of aromatic nitrogens is 3. The van der Waals surface area contributed by atoms with E-state index in [0.29, 0.717) is 0 Å². The molecule has 14 heavy (non-hydrogen) atoms. The van der Waals surface area contributed by atoms with Gasteiger partial charge in [-0.25, -0.2) is 4.98 Å². The Labute approximate surface area is 83.4 Å². The first-order chi connectivity index (χ1) is 6.83. The van der Waals surface area contributed by atoms with Gasteiger partial charge in [0.15, 0.2) is 0 Å². The average molecular weight is 187 g/mol. The monoisotopic (exact) mass is 187 g/mol. The third kappa shape index (κ3) is 1.41. The molecule has 0 saturated heterocycles. The molecule has 0 aliphatic carbocycles. The smallest absolute Gasteiger partial charge is 0.0955 e. The highest BCUT2D eigenvalue weighted by atomic mass is 15.0. The van der Waals surface area contributed by atoms with Gasteiger partial charge in [0.1, 0.15) is 0 Å². The van der Waals surface area contributed by atoms with Crippen LogP contribution in [0.15, 0.2) is 30.9 Å². The van der Waals surface area contributed by atoms with Gasteiger partial charge in [-0.15, -0.1) is 0 Å². The number of imidazole rings is 1. The van der Waals surface area contributed by atoms with Crippen molar-refractivity contribution in [1.29, 1.82) is 0 Å². The SMILES string of the molecule is CCn1cnc(-c2cccnc2)c1C. The van der Waals surface area contributed by atoms with Crippen LogP contribution in [-0.2, 0) is 6.54 Å². The van der Waals surface area contributed by atoms with Crippen LogP contribution in [0.2, 0.25) is 0 Å². The molecule has 0 amide bonds. The summed E-state index contributed by atoms with van der Waals surface area (Å²) in [5.41, 5.74) is 3.30. The molecule has 0 aromatic carbocycles. The van der Waals surface area contributed by atoms with Gasteiger partial charge in [0.05, 0.1) is 12.0 Å². The van der Waals surface area contributed by atoms with E-state index in [1.54, 1.807) is 6.20 Å². The number of rotatable bonds is 2. The van der Waals surface area contributed by atoms with Crippen LogP contribution in [0.25, 0.3) is 11.3 Å². The summed E-state index contributed by atoms with van der Waals surface area (Å²) in [6.45, 7) is 5.15. The molecule has 2 rings (SSSR count). The van der Waals surface area contributed by atoms with E-state index in [2.05, 4.69) is 28.4 Å². The zero-order valence-electron chi connectivity index (χ0n) is 8.44. The molecule has 2 aromatic heterocycles. The van der Waals surface area contributed by atoms with E-state index in [-0.39, 0.29) is 0 Å². The highest BCUT2D eigenvalue weighted by Crippen LogP contribution is 2.19. The normalized spacial score (nSPS) is 10.4. The summed E-state index contributed by atoms with van der Waals surface area (Å²) in [4.78, 5) is 8.47. The zero-order chi connectivity index (χ0) is 9.97. The lowest BCUT2D eigenvalue weighted by atomic mass is 10.2. The van der Waals surface area contributed by atoms with Crippen LogP contribution in [0.4, 0.5) is 0 Å². The minimum absolute atomic E-state index is 0.957. The first-order valence-electron chi connectivity index (χ1n) is 4.75. The molecule has 72 valence electrons. The fraction of sp³-hybridized carbons (Fsp3) is 0.273. The van der Waals surface area contributed by atoms with Crippen molar-refractivity contribution in [2.24, 2.45) is 0 Å². The Morgan fingerprint density at radius 1 is 1.43 bits per heavy atom. The van der Waals surface area contributed by atoms with Crippen molar-refractivity contribution >= 4 is 0 Å². The van der Waals surface area contributed by atoms with Crippen molar-refractivity contribution < 1.29 is 0 Å². The molecule has 0 spiro atoms. The molecule has 0 N–H and O–H groups in total. The molecule has 0 unspecified atom stereocenters. The first-order valence-corrected chi connectivity index (χ1v) is 4.75. The summed E-state index contributed by atoms with van der Waals surface area (Å²) in [6.07, 6.45) is 5.49. The van der Waals surface area contributed by atoms with Crippen molar-refractivity contribution in [2.45, 2.75) is 20.4 Å². The van der Waals surface area contributed by atoms with E-state index in [4.69, 9.17) is 0 Å². The number of hydrogen-bond acceptors (Lipinski definition) is 2. The molecule has 0 bridgehead atoms. The van der Waals surface area contributed by atoms with Crippen LogP contribution in [-0.4, -0.2) is 14.5 Å². The summed E-state index contributed by atoms with van der Waals surface area (Å²) in [5, 5.41) is 0. The van der Waals surface area contributed by atoms with Gasteiger partial charge in [0.25, 0.3) is 0 Å². The molecule has 0 aliphatic heterocycles. The summed E-state index contributed by atoms with van der Waals surface area (Å²) in [6, 6.07) is 3.96. The van der Waals surface area contributed by atoms with Crippen LogP contribution in [0.5, 0.6) is 0 Å². The van der Waals surface area contributed by atoms with E-state index in [1.165, 1.54) is 5.69 Å². The van der Waals surface area contributed by atoms with Crippen LogP contribution in [0, 0.1) is 6.92 Å². The fourth-order valence-corrected chi connectivity index (χ4v) is 1.55. The Morgan fingerprint density at radius 2 is 2.29 bits per heavy atom. The molecule has 0 atom stereocenters. The van der Waals surface area contributed by atoms with Crippen molar-refractivity contribution in [3.8, 4) is 11.3 Å². The van der Waals surface area contributed by atoms with Crippen LogP contribution >= 0.6 is 0 Å². The Hall–Kier alpha value is -1.64. The molecule has 2 aromatic rings. The van der Waals surface area contributed by atoms with Gasteiger partial charge in [0, 0.05) is 30.2 Å². The minimum Gasteiger partial charge on any atom is -0.335 e. The molecule has 2 heterocycles. The van der Waals surface area contributed by atoms with Gasteiger partial charge >= 0.3 is 0 Å². The number of nitrogens with zero attached hydrogens (tertiary/aromatic N) is 3. The Kier molecular flexibility index (Phi) is 2.31. The predicted octanol–water partition coefficient (Wildman–Crippen LogP) is 2.27. The third-order valence-corrected chi connectivity index (χ3v) is 2.38. The second-order valence-corrected chi connectivity index (χ2v) is 3.21. The summed E-state index contributed by atoms with van der Waals surface area (Å²) >= 11 is 0. The van der Waals surface area contributed by atoms with Crippen molar-refractivity contribution in [3.05, 3.63) is 36.5 Å². The summed E-state index contributed by atoms with van der Waals surface area (Å²) < 4.78 is 2.13. The maximum absolute atomic E-state index is 4.38. The quantitative estimate of drug-likeness (QED) is 0.722. The first kappa shape index (κ1) is 8.94. The highest BCUT2D eigenvalue weighted by Gasteiger charge is 2.06. The molecular formula is C11H13N3. The van der Waals surface area contributed by atoms with E-state index in [1.807, 2.05) is 24.7 Å². The van der Waals surface area contributed by atoms with Crippen molar-refractivity contribution in [3.63, 3.8) is 0 Å². The van der Waals surface area contributed by atoms with Crippen molar-refractivity contribution in [2.75, 3.05) is 0 Å². The number of aryl methyl sites for hydroxylation is 1. The summed E-state index contributed by atoms with van der Waals surface area (Å²) in [7, 11) is 0. The number of pyridine rings is 1. The number of hydrogen-bond donors (Lipinski definition) is 0. The maximum atomic E-state index is 4.38. The summed E-state index contributed by atoms with van der Waals surface area (Å²) in [5.74, 6) is 0. The highest BCUT2D eigenvalue weighted by molar-refractivity contribution is 5.60. The minimum atomic E-state index is 0.957. The van der Waals surface area contributed by atoms with Gasteiger partial charge < -0.3 is 4.57 Å². The van der Waals surface area contributed by atoms with E-state index in [0.717, 1.165) is 17.8 Å². The molecule has 0 fully saturated rings. The lowest BCUT2D eigenvalue weighted by molar-refractivity contribution is 0.737. The van der Waals surface area contributed by atoms with Gasteiger partial charge in [0.2, 0.25) is 0 Å². The lowest BCUT2D eigenvalue weighted by Crippen LogP contribution is -1.94. The second-order valence-electron chi connectivity index (χ2n) is 3.21. The van der Waals surface area contributed by atoms with Crippen LogP contribution in [0.1, 0.15) is 12.6 Å². The van der Waals surface area contributed by atoms with Gasteiger partial charge in [-0.1, -0.05) is 0 Å². The Bertz CT molecular complexity index is 417. The molecule has 0 radical (unpaired) electrons. The molecule has 0 saturated carbocycles. The molecule has 0 aliphatic rings. The van der Waals surface area contributed by atoms with Gasteiger partial charge in [-0.2, -0.15) is 0 Å². The average Bonchev–Trinajstić information content (AvgIpc) is 2.61. The third-order valence-electron chi connectivity index (χ3n) is 2.38. The molecule has 3 heteroatoms. The molecular weight excluding hydrogens is 174 g/mol. The standard InChI is InChI=1S/C11H13N3/c1-3-14-8-13-11(9(14)2)10-5-4-6-12-7-10/h4-8H,3H2,1-2H3. The van der Waals surface area contributed by atoms with Crippen LogP contribution < -0.4 is 0 Å². The van der Waals surface area contributed by atoms with Gasteiger partial charge in [-0.05, 0) is 26.0 Å². The van der Waals surface area contributed by atoms with Crippen LogP contribution in [0.3, 0.4) is 0 Å². The van der Waals surface area contributed by atoms with E-state index >= 15 is 0 Å². The Balaban J connectivity index is 2.48.